The fraction of sp³-hybridized carbons (Fsp3) is 0.0526. The number of hydrogen-bond acceptors (Lipinski definition) is 5. The first-order valence-corrected chi connectivity index (χ1v) is 8.56. The Bertz CT molecular complexity index is 963. The third kappa shape index (κ3) is 4.01. The molecule has 3 aromatic rings. The average Bonchev–Trinajstić information content (AvgIpc) is 3.05. The molecule has 0 unspecified atom stereocenters. The number of carboxylic acid groups (broad SMARTS) is 1. The Labute approximate surface area is 153 Å². The van der Waals surface area contributed by atoms with Gasteiger partial charge in [0.15, 0.2) is 0 Å². The second kappa shape index (κ2) is 7.71. The summed E-state index contributed by atoms with van der Waals surface area (Å²) in [5.74, 6) is -1.32. The van der Waals surface area contributed by atoms with Gasteiger partial charge in [0.1, 0.15) is 9.88 Å². The highest BCUT2D eigenvalue weighted by Gasteiger charge is 2.15. The molecule has 1 heterocycles. The molecule has 1 aromatic heterocycles. The molecule has 6 nitrogen and oxygen atoms in total. The number of hydrogen-bond donors (Lipinski definition) is 2. The van der Waals surface area contributed by atoms with Crippen molar-refractivity contribution < 1.29 is 14.7 Å². The van der Waals surface area contributed by atoms with Crippen molar-refractivity contribution in [2.45, 2.75) is 6.92 Å². The first kappa shape index (κ1) is 17.5. The molecule has 0 aliphatic carbocycles. The summed E-state index contributed by atoms with van der Waals surface area (Å²) in [4.78, 5) is 28.1. The fourth-order valence-corrected chi connectivity index (χ4v) is 3.20. The Morgan fingerprint density at radius 3 is 2.46 bits per heavy atom. The van der Waals surface area contributed by atoms with Gasteiger partial charge in [0.25, 0.3) is 5.91 Å². The molecule has 0 atom stereocenters. The minimum absolute atomic E-state index is 0.194. The molecule has 26 heavy (non-hydrogen) atoms. The van der Waals surface area contributed by atoms with Gasteiger partial charge in [-0.25, -0.2) is 15.2 Å². The van der Waals surface area contributed by atoms with Gasteiger partial charge in [-0.15, -0.1) is 11.3 Å². The fourth-order valence-electron chi connectivity index (χ4n) is 2.24. The van der Waals surface area contributed by atoms with Gasteiger partial charge in [0.2, 0.25) is 0 Å². The van der Waals surface area contributed by atoms with E-state index in [1.165, 1.54) is 29.7 Å². The topological polar surface area (TPSA) is 91.7 Å². The summed E-state index contributed by atoms with van der Waals surface area (Å²) in [6, 6.07) is 15.8. The van der Waals surface area contributed by atoms with Crippen LogP contribution in [0.5, 0.6) is 0 Å². The van der Waals surface area contributed by atoms with Gasteiger partial charge in [-0.2, -0.15) is 5.10 Å². The summed E-state index contributed by atoms with van der Waals surface area (Å²) < 4.78 is 0. The highest BCUT2D eigenvalue weighted by molar-refractivity contribution is 7.17. The molecule has 130 valence electrons. The highest BCUT2D eigenvalue weighted by Crippen LogP contribution is 2.27. The number of aryl methyl sites for hydroxylation is 1. The summed E-state index contributed by atoms with van der Waals surface area (Å²) in [6.07, 6.45) is 1.46. The van der Waals surface area contributed by atoms with Crippen LogP contribution in [-0.2, 0) is 0 Å². The van der Waals surface area contributed by atoms with Crippen molar-refractivity contribution in [2.75, 3.05) is 0 Å². The summed E-state index contributed by atoms with van der Waals surface area (Å²) in [5, 5.41) is 13.6. The molecule has 0 saturated carbocycles. The number of amides is 1. The van der Waals surface area contributed by atoms with Gasteiger partial charge < -0.3 is 5.11 Å². The number of carboxylic acids is 1. The number of aromatic carboxylic acids is 1. The first-order valence-electron chi connectivity index (χ1n) is 7.74. The Kier molecular flexibility index (Phi) is 5.19. The van der Waals surface area contributed by atoms with Crippen molar-refractivity contribution >= 4 is 29.4 Å². The maximum absolute atomic E-state index is 12.3. The Morgan fingerprint density at radius 2 is 1.81 bits per heavy atom. The monoisotopic (exact) mass is 365 g/mol. The standard InChI is InChI=1S/C19H15N3O3S/c1-12-16(26-18(21-12)14-5-3-2-4-6-14)17(23)22-20-11-13-7-9-15(10-8-13)19(24)25/h2-11H,1H3,(H,22,23)(H,24,25)/b20-11+. The largest absolute Gasteiger partial charge is 0.478 e. The summed E-state index contributed by atoms with van der Waals surface area (Å²) in [5.41, 5.74) is 4.96. The molecule has 3 rings (SSSR count). The predicted octanol–water partition coefficient (Wildman–Crippen LogP) is 3.58. The van der Waals surface area contributed by atoms with Crippen LogP contribution < -0.4 is 5.43 Å². The lowest BCUT2D eigenvalue weighted by Gasteiger charge is -1.98. The maximum atomic E-state index is 12.3. The molecule has 0 bridgehead atoms. The zero-order valence-electron chi connectivity index (χ0n) is 13.8. The lowest BCUT2D eigenvalue weighted by Crippen LogP contribution is -2.17. The molecule has 0 aliphatic heterocycles. The zero-order valence-corrected chi connectivity index (χ0v) is 14.7. The van der Waals surface area contributed by atoms with Crippen LogP contribution in [0.4, 0.5) is 0 Å². The Hall–Kier alpha value is -3.32. The van der Waals surface area contributed by atoms with Crippen LogP contribution in [-0.4, -0.2) is 28.2 Å². The molecule has 1 amide bonds. The highest BCUT2D eigenvalue weighted by atomic mass is 32.1. The van der Waals surface area contributed by atoms with Gasteiger partial charge in [0.05, 0.1) is 17.5 Å². The van der Waals surface area contributed by atoms with E-state index in [1.807, 2.05) is 30.3 Å². The normalized spacial score (nSPS) is 10.8. The third-order valence-corrected chi connectivity index (χ3v) is 4.77. The van der Waals surface area contributed by atoms with Gasteiger partial charge in [-0.05, 0) is 24.6 Å². The number of benzene rings is 2. The summed E-state index contributed by atoms with van der Waals surface area (Å²) in [7, 11) is 0. The molecule has 0 fully saturated rings. The number of aromatic nitrogens is 1. The molecular formula is C19H15N3O3S. The Balaban J connectivity index is 1.68. The Morgan fingerprint density at radius 1 is 1.12 bits per heavy atom. The SMILES string of the molecule is Cc1nc(-c2ccccc2)sc1C(=O)N/N=C/c1ccc(C(=O)O)cc1. The molecule has 0 radical (unpaired) electrons. The number of carbonyl (C=O) groups is 2. The van der Waals surface area contributed by atoms with Crippen LogP contribution in [0.15, 0.2) is 59.7 Å². The molecule has 0 aliphatic rings. The molecule has 2 N–H and O–H groups in total. The second-order valence-corrected chi connectivity index (χ2v) is 6.42. The van der Waals surface area contributed by atoms with Crippen molar-refractivity contribution in [1.82, 2.24) is 10.4 Å². The van der Waals surface area contributed by atoms with E-state index in [0.29, 0.717) is 16.1 Å². The lowest BCUT2D eigenvalue weighted by molar-refractivity contribution is 0.0696. The van der Waals surface area contributed by atoms with Crippen molar-refractivity contribution in [3.8, 4) is 10.6 Å². The van der Waals surface area contributed by atoms with Crippen LogP contribution in [0.3, 0.4) is 0 Å². The maximum Gasteiger partial charge on any atom is 0.335 e. The zero-order chi connectivity index (χ0) is 18.5. The summed E-state index contributed by atoms with van der Waals surface area (Å²) in [6.45, 7) is 1.78. The van der Waals surface area contributed by atoms with E-state index < -0.39 is 5.97 Å². The van der Waals surface area contributed by atoms with Crippen molar-refractivity contribution in [3.05, 3.63) is 76.3 Å². The van der Waals surface area contributed by atoms with E-state index in [2.05, 4.69) is 15.5 Å². The van der Waals surface area contributed by atoms with Gasteiger partial charge in [-0.3, -0.25) is 4.79 Å². The van der Waals surface area contributed by atoms with Crippen molar-refractivity contribution in [1.29, 1.82) is 0 Å². The number of thiazole rings is 1. The van der Waals surface area contributed by atoms with Crippen LogP contribution in [0, 0.1) is 6.92 Å². The van der Waals surface area contributed by atoms with E-state index >= 15 is 0 Å². The van der Waals surface area contributed by atoms with Gasteiger partial charge in [0, 0.05) is 5.56 Å². The summed E-state index contributed by atoms with van der Waals surface area (Å²) >= 11 is 1.31. The van der Waals surface area contributed by atoms with Gasteiger partial charge >= 0.3 is 5.97 Å². The number of nitrogens with zero attached hydrogens (tertiary/aromatic N) is 2. The molecule has 0 spiro atoms. The molecule has 2 aromatic carbocycles. The first-order chi connectivity index (χ1) is 12.5. The minimum atomic E-state index is -0.989. The van der Waals surface area contributed by atoms with Crippen molar-refractivity contribution in [3.63, 3.8) is 0 Å². The number of carbonyl (C=O) groups excluding carboxylic acids is 1. The molecule has 0 saturated heterocycles. The quantitative estimate of drug-likeness (QED) is 0.534. The third-order valence-electron chi connectivity index (χ3n) is 3.56. The van der Waals surface area contributed by atoms with E-state index in [9.17, 15) is 9.59 Å². The van der Waals surface area contributed by atoms with Gasteiger partial charge in [-0.1, -0.05) is 42.5 Å². The molecule has 7 heteroatoms. The minimum Gasteiger partial charge on any atom is -0.478 e. The molecular weight excluding hydrogens is 350 g/mol. The van der Waals surface area contributed by atoms with E-state index in [-0.39, 0.29) is 11.5 Å². The van der Waals surface area contributed by atoms with Crippen molar-refractivity contribution in [2.24, 2.45) is 5.10 Å². The second-order valence-electron chi connectivity index (χ2n) is 5.43. The van der Waals surface area contributed by atoms with Crippen LogP contribution in [0.2, 0.25) is 0 Å². The van der Waals surface area contributed by atoms with E-state index in [1.54, 1.807) is 19.1 Å². The smallest absolute Gasteiger partial charge is 0.335 e. The van der Waals surface area contributed by atoms with Crippen LogP contribution in [0.25, 0.3) is 10.6 Å². The average molecular weight is 365 g/mol. The predicted molar refractivity (Wildman–Crippen MR) is 101 cm³/mol. The van der Waals surface area contributed by atoms with E-state index in [0.717, 1.165) is 10.6 Å². The van der Waals surface area contributed by atoms with Crippen LogP contribution >= 0.6 is 11.3 Å². The van der Waals surface area contributed by atoms with Crippen LogP contribution in [0.1, 0.15) is 31.3 Å². The number of nitrogens with one attached hydrogen (secondary N) is 1. The lowest BCUT2D eigenvalue weighted by atomic mass is 10.1. The van der Waals surface area contributed by atoms with E-state index in [4.69, 9.17) is 5.11 Å². The number of hydrazone groups is 1. The number of rotatable bonds is 5.